The smallest absolute Gasteiger partial charge is 0.417 e. The van der Waals surface area contributed by atoms with Crippen molar-refractivity contribution in [3.8, 4) is 17.3 Å². The number of benzene rings is 1. The Morgan fingerprint density at radius 3 is 2.90 bits per heavy atom. The van der Waals surface area contributed by atoms with Crippen molar-refractivity contribution < 1.29 is 22.3 Å². The first-order valence-electron chi connectivity index (χ1n) is 12.6. The molecule has 2 aliphatic heterocycles. The Hall–Kier alpha value is -3.94. The van der Waals surface area contributed by atoms with Crippen LogP contribution in [-0.2, 0) is 13.2 Å². The zero-order chi connectivity index (χ0) is 27.3. The lowest BCUT2D eigenvalue weighted by atomic mass is 9.95. The van der Waals surface area contributed by atoms with E-state index in [1.807, 2.05) is 0 Å². The molecule has 0 unspecified atom stereocenters. The molecule has 14 heteroatoms. The molecule has 204 valence electrons. The molecule has 3 N–H and O–H groups in total. The standard InChI is InChI=1S/C25H24F4N8O2/c1-11-6-14-13(8-30-33-14)15(17(11)25(27,28)29)18-20-19(35-34-18)16-21(36(20)2)31-23(32-22(16)38)39-10-24-4-3-5-37(24)9-12(26)7-24/h6,8,12H,3-5,7,9-10H2,1-2H3,(H,30,33)(H,34,35)(H,31,32,38)/t12-,24+/m1/s1. The maximum Gasteiger partial charge on any atom is 0.417 e. The second kappa shape index (κ2) is 8.04. The maximum absolute atomic E-state index is 14.3. The molecule has 0 bridgehead atoms. The third-order valence-corrected chi connectivity index (χ3v) is 8.22. The molecule has 0 spiro atoms. The number of H-pyrrole nitrogens is 3. The van der Waals surface area contributed by atoms with Gasteiger partial charge in [-0.05, 0) is 37.9 Å². The summed E-state index contributed by atoms with van der Waals surface area (Å²) in [6, 6.07) is 1.37. The van der Waals surface area contributed by atoms with Crippen LogP contribution in [0.5, 0.6) is 6.01 Å². The molecule has 0 aliphatic carbocycles. The Morgan fingerprint density at radius 2 is 2.10 bits per heavy atom. The molecule has 0 radical (unpaired) electrons. The lowest BCUT2D eigenvalue weighted by molar-refractivity contribution is -0.137. The van der Waals surface area contributed by atoms with E-state index >= 15 is 0 Å². The highest BCUT2D eigenvalue weighted by Crippen LogP contribution is 2.45. The van der Waals surface area contributed by atoms with E-state index in [4.69, 9.17) is 4.74 Å². The van der Waals surface area contributed by atoms with Crippen molar-refractivity contribution in [1.82, 2.24) is 39.8 Å². The molecule has 1 aromatic carbocycles. The number of hydrogen-bond donors (Lipinski definition) is 3. The van der Waals surface area contributed by atoms with Crippen LogP contribution < -0.4 is 10.3 Å². The lowest BCUT2D eigenvalue weighted by Gasteiger charge is -2.30. The first-order valence-corrected chi connectivity index (χ1v) is 12.6. The molecular formula is C25H24F4N8O2. The number of halogens is 4. The minimum absolute atomic E-state index is 0.0187. The van der Waals surface area contributed by atoms with Crippen LogP contribution >= 0.6 is 0 Å². The molecule has 4 aromatic heterocycles. The summed E-state index contributed by atoms with van der Waals surface area (Å²) in [5, 5.41) is 14.0. The molecule has 39 heavy (non-hydrogen) atoms. The highest BCUT2D eigenvalue weighted by atomic mass is 19.4. The van der Waals surface area contributed by atoms with Gasteiger partial charge in [0.2, 0.25) is 0 Å². The third-order valence-electron chi connectivity index (χ3n) is 8.22. The summed E-state index contributed by atoms with van der Waals surface area (Å²) in [4.78, 5) is 22.4. The zero-order valence-electron chi connectivity index (χ0n) is 21.0. The van der Waals surface area contributed by atoms with Crippen LogP contribution in [0.15, 0.2) is 17.1 Å². The highest BCUT2D eigenvalue weighted by molar-refractivity contribution is 6.11. The fourth-order valence-corrected chi connectivity index (χ4v) is 6.59. The van der Waals surface area contributed by atoms with Gasteiger partial charge in [0.1, 0.15) is 23.7 Å². The average Bonchev–Trinajstić information content (AvgIpc) is 3.65. The summed E-state index contributed by atoms with van der Waals surface area (Å²) in [5.74, 6) is 0. The summed E-state index contributed by atoms with van der Waals surface area (Å²) >= 11 is 0. The molecule has 0 amide bonds. The summed E-state index contributed by atoms with van der Waals surface area (Å²) in [7, 11) is 1.61. The van der Waals surface area contributed by atoms with Gasteiger partial charge in [0.25, 0.3) is 11.6 Å². The average molecular weight is 545 g/mol. The molecular weight excluding hydrogens is 520 g/mol. The predicted molar refractivity (Wildman–Crippen MR) is 134 cm³/mol. The van der Waals surface area contributed by atoms with Gasteiger partial charge in [-0.25, -0.2) is 4.39 Å². The monoisotopic (exact) mass is 544 g/mol. The van der Waals surface area contributed by atoms with E-state index in [9.17, 15) is 22.4 Å². The second-order valence-corrected chi connectivity index (χ2v) is 10.6. The Balaban J connectivity index is 1.37. The van der Waals surface area contributed by atoms with Crippen LogP contribution in [0.4, 0.5) is 17.6 Å². The van der Waals surface area contributed by atoms with Gasteiger partial charge in [-0.3, -0.25) is 24.9 Å². The first-order chi connectivity index (χ1) is 18.6. The topological polar surface area (TPSA) is 121 Å². The van der Waals surface area contributed by atoms with Crippen molar-refractivity contribution in [3.05, 3.63) is 33.7 Å². The Labute approximate surface area is 217 Å². The number of alkyl halides is 4. The minimum atomic E-state index is -4.66. The summed E-state index contributed by atoms with van der Waals surface area (Å²) in [6.07, 6.45) is -2.15. The van der Waals surface area contributed by atoms with Crippen LogP contribution in [0.1, 0.15) is 30.4 Å². The number of hydrogen-bond acceptors (Lipinski definition) is 6. The van der Waals surface area contributed by atoms with E-state index in [-0.39, 0.29) is 56.9 Å². The quantitative estimate of drug-likeness (QED) is 0.295. The molecule has 2 aliphatic rings. The normalized spacial score (nSPS) is 22.1. The van der Waals surface area contributed by atoms with Crippen molar-refractivity contribution in [2.45, 2.75) is 44.1 Å². The van der Waals surface area contributed by atoms with Crippen molar-refractivity contribution in [2.24, 2.45) is 7.05 Å². The fourth-order valence-electron chi connectivity index (χ4n) is 6.59. The van der Waals surface area contributed by atoms with Crippen molar-refractivity contribution >= 4 is 33.0 Å². The number of fused-ring (bicyclic) bond motifs is 5. The molecule has 6 heterocycles. The van der Waals surface area contributed by atoms with Gasteiger partial charge in [-0.15, -0.1) is 0 Å². The molecule has 2 atom stereocenters. The van der Waals surface area contributed by atoms with Crippen molar-refractivity contribution in [2.75, 3.05) is 19.7 Å². The van der Waals surface area contributed by atoms with Crippen LogP contribution in [0.2, 0.25) is 0 Å². The second-order valence-electron chi connectivity index (χ2n) is 10.6. The van der Waals surface area contributed by atoms with E-state index < -0.39 is 29.0 Å². The highest BCUT2D eigenvalue weighted by Gasteiger charge is 2.49. The Kier molecular flexibility index (Phi) is 4.97. The van der Waals surface area contributed by atoms with Gasteiger partial charge >= 0.3 is 6.18 Å². The molecule has 2 fully saturated rings. The Bertz CT molecular complexity index is 1830. The zero-order valence-corrected chi connectivity index (χ0v) is 21.0. The van der Waals surface area contributed by atoms with Crippen molar-refractivity contribution in [3.63, 3.8) is 0 Å². The number of nitrogens with one attached hydrogen (secondary N) is 3. The number of aryl methyl sites for hydroxylation is 2. The largest absolute Gasteiger partial charge is 0.463 e. The maximum atomic E-state index is 14.3. The van der Waals surface area contributed by atoms with Gasteiger partial charge in [-0.1, -0.05) is 0 Å². The Morgan fingerprint density at radius 1 is 1.28 bits per heavy atom. The number of ether oxygens (including phenoxy) is 1. The van der Waals surface area contributed by atoms with Crippen LogP contribution in [0.25, 0.3) is 44.2 Å². The third kappa shape index (κ3) is 3.43. The minimum Gasteiger partial charge on any atom is -0.463 e. The van der Waals surface area contributed by atoms with E-state index in [0.717, 1.165) is 19.4 Å². The van der Waals surface area contributed by atoms with Gasteiger partial charge in [0.05, 0.1) is 34.0 Å². The molecule has 7 rings (SSSR count). The van der Waals surface area contributed by atoms with Crippen LogP contribution in [-0.4, -0.2) is 71.2 Å². The number of aromatic nitrogens is 7. The van der Waals surface area contributed by atoms with Gasteiger partial charge in [-0.2, -0.15) is 28.4 Å². The summed E-state index contributed by atoms with van der Waals surface area (Å²) < 4.78 is 64.5. The SMILES string of the molecule is Cc1cc2[nH]ncc2c(-c2[nH]nc3c4c(=O)[nH]c(OC[C@@]56CCCN5C[C@H](F)C6)nc4n(C)c23)c1C(F)(F)F. The van der Waals surface area contributed by atoms with E-state index in [1.165, 1.54) is 23.8 Å². The van der Waals surface area contributed by atoms with E-state index in [0.29, 0.717) is 18.5 Å². The van der Waals surface area contributed by atoms with E-state index in [1.54, 1.807) is 7.05 Å². The molecule has 0 saturated carbocycles. The fraction of sp³-hybridized carbons (Fsp3) is 0.440. The lowest BCUT2D eigenvalue weighted by Crippen LogP contribution is -2.43. The van der Waals surface area contributed by atoms with Gasteiger partial charge in [0, 0.05) is 31.0 Å². The van der Waals surface area contributed by atoms with Gasteiger partial charge in [0.15, 0.2) is 5.65 Å². The molecule has 10 nitrogen and oxygen atoms in total. The van der Waals surface area contributed by atoms with Crippen molar-refractivity contribution in [1.29, 1.82) is 0 Å². The summed E-state index contributed by atoms with van der Waals surface area (Å²) in [6.45, 7) is 2.73. The first kappa shape index (κ1) is 24.1. The van der Waals surface area contributed by atoms with Crippen LogP contribution in [0, 0.1) is 6.92 Å². The molecule has 5 aromatic rings. The number of rotatable bonds is 4. The van der Waals surface area contributed by atoms with Crippen LogP contribution in [0.3, 0.4) is 0 Å². The molecule has 2 saturated heterocycles. The number of aromatic amines is 3. The number of nitrogens with zero attached hydrogens (tertiary/aromatic N) is 5. The predicted octanol–water partition coefficient (Wildman–Crippen LogP) is 3.96. The van der Waals surface area contributed by atoms with E-state index in [2.05, 4.69) is 35.3 Å². The summed E-state index contributed by atoms with van der Waals surface area (Å²) in [5.41, 5.74) is -0.674. The van der Waals surface area contributed by atoms with Gasteiger partial charge < -0.3 is 9.30 Å².